The number of carbonyl (C=O) groups is 2. The molecule has 0 spiro atoms. The maximum atomic E-state index is 11.5. The summed E-state index contributed by atoms with van der Waals surface area (Å²) in [6.45, 7) is 7.38. The van der Waals surface area contributed by atoms with Crippen LogP contribution in [0.15, 0.2) is 22.3 Å². The molecule has 13 heteroatoms. The largest absolute Gasteiger partial charge is 2.00 e. The first-order valence-electron chi connectivity index (χ1n) is 17.1. The molecule has 5 heterocycles. The van der Waals surface area contributed by atoms with Crippen LogP contribution < -0.4 is 20.8 Å². The average Bonchev–Trinajstić information content (AvgIpc) is 3.67. The molecule has 3 fully saturated rings. The van der Waals surface area contributed by atoms with E-state index >= 15 is 0 Å². The maximum Gasteiger partial charge on any atom is 2.00 e. The first-order chi connectivity index (χ1) is 21.8. The van der Waals surface area contributed by atoms with Gasteiger partial charge in [0.25, 0.3) is 0 Å². The Bertz CT molecular complexity index is 1210. The molecule has 14 unspecified atom stereocenters. The zero-order valence-electron chi connectivity index (χ0n) is 29.8. The Labute approximate surface area is 291 Å². The van der Waals surface area contributed by atoms with Gasteiger partial charge in [0.15, 0.2) is 0 Å². The van der Waals surface area contributed by atoms with Gasteiger partial charge in [-0.15, -0.1) is 24.2 Å². The predicted molar refractivity (Wildman–Crippen MR) is 169 cm³/mol. The van der Waals surface area contributed by atoms with Gasteiger partial charge in [0, 0.05) is 36.1 Å². The van der Waals surface area contributed by atoms with Gasteiger partial charge in [-0.3, -0.25) is 0 Å². The van der Waals surface area contributed by atoms with E-state index in [4.69, 9.17) is 10.6 Å². The van der Waals surface area contributed by atoms with Crippen molar-refractivity contribution in [3.8, 4) is 0 Å². The summed E-state index contributed by atoms with van der Waals surface area (Å²) in [5, 5.41) is 83.0. The third kappa shape index (κ3) is 8.01. The molecule has 6 N–H and O–H groups in total. The first-order valence-corrected chi connectivity index (χ1v) is 17.1. The van der Waals surface area contributed by atoms with Gasteiger partial charge >= 0.3 is 19.9 Å². The fourth-order valence-corrected chi connectivity index (χ4v) is 9.66. The average molecular weight is 703 g/mol. The minimum Gasteiger partial charge on any atom is -0.656 e. The number of carboxylic acid groups (broad SMARTS) is 2. The van der Waals surface area contributed by atoms with Crippen LogP contribution in [0.4, 0.5) is 0 Å². The van der Waals surface area contributed by atoms with Crippen LogP contribution in [0.25, 0.3) is 10.6 Å². The van der Waals surface area contributed by atoms with Crippen molar-refractivity contribution in [2.75, 3.05) is 13.2 Å². The number of carboxylic acids is 2. The molecule has 0 aromatic rings. The molecular formula is C34H54FeN4O8. The number of aliphatic hydroxyl groups excluding tert-OH is 4. The SMILES string of the molecule is CC1=C(C(O)CO)C2CC3NC(CC4[N-]C(CC5[N-]C(CC1N2)C(C)C5CCC(=O)[O-])C(CCC(=O)[O-])C4C)C(C(O)CO)=C3C.[Fe+2].[H+].[H+]. The Morgan fingerprint density at radius 2 is 1.11 bits per heavy atom. The predicted octanol–water partition coefficient (Wildman–Crippen LogP) is -0.383. The van der Waals surface area contributed by atoms with Crippen LogP contribution in [0.3, 0.4) is 0 Å². The van der Waals surface area contributed by atoms with Crippen molar-refractivity contribution in [2.24, 2.45) is 23.7 Å². The molecule has 0 radical (unpaired) electrons. The molecule has 47 heavy (non-hydrogen) atoms. The summed E-state index contributed by atoms with van der Waals surface area (Å²) in [4.78, 5) is 23.1. The van der Waals surface area contributed by atoms with E-state index in [1.807, 2.05) is 13.8 Å². The van der Waals surface area contributed by atoms with Crippen LogP contribution in [0.2, 0.25) is 0 Å². The molecule has 12 nitrogen and oxygen atoms in total. The summed E-state index contributed by atoms with van der Waals surface area (Å²) in [6, 6.07) is -1.28. The van der Waals surface area contributed by atoms with E-state index < -0.39 is 37.4 Å². The second-order valence-corrected chi connectivity index (χ2v) is 14.6. The van der Waals surface area contributed by atoms with Crippen molar-refractivity contribution in [2.45, 2.75) is 140 Å². The monoisotopic (exact) mass is 702 g/mol. The Kier molecular flexibility index (Phi) is 13.2. The van der Waals surface area contributed by atoms with Gasteiger partial charge in [0.1, 0.15) is 0 Å². The second-order valence-electron chi connectivity index (χ2n) is 14.6. The topological polar surface area (TPSA) is 213 Å². The summed E-state index contributed by atoms with van der Waals surface area (Å²) in [7, 11) is 0. The standard InChI is InChI=1S/C34H54N4O8.Fe/c1-15-19(5-7-31(43)44)25-12-26-20(6-8-32(45)46)16(2)22(36-26)10-27-34(30(42)14-40)18(4)24(38-27)11-28-33(29(41)13-39)17(3)23(37-28)9-21(15)35-25;/h15-16,19-30,37-42H,5-14H2,1-4H3,(H,43,44)(H,45,46);/q-2;+2. The van der Waals surface area contributed by atoms with Gasteiger partial charge in [-0.05, 0) is 69.9 Å². The molecule has 5 aliphatic heterocycles. The third-order valence-corrected chi connectivity index (χ3v) is 12.2. The van der Waals surface area contributed by atoms with Crippen molar-refractivity contribution < 1.29 is 60.2 Å². The van der Waals surface area contributed by atoms with E-state index in [-0.39, 0.29) is 105 Å². The summed E-state index contributed by atoms with van der Waals surface area (Å²) in [5.41, 5.74) is 3.45. The van der Waals surface area contributed by atoms with E-state index in [9.17, 15) is 40.2 Å². The summed E-state index contributed by atoms with van der Waals surface area (Å²) < 4.78 is 0. The number of carbonyl (C=O) groups excluding carboxylic acids is 2. The number of nitrogens with one attached hydrogen (secondary N) is 2. The van der Waals surface area contributed by atoms with Crippen LogP contribution in [0.1, 0.15) is 81.9 Å². The third-order valence-electron chi connectivity index (χ3n) is 12.2. The van der Waals surface area contributed by atoms with E-state index in [0.717, 1.165) is 22.3 Å². The van der Waals surface area contributed by atoms with Gasteiger partial charge in [-0.2, -0.15) is 0 Å². The fraction of sp³-hybridized carbons (Fsp3) is 0.824. The van der Waals surface area contributed by atoms with Crippen LogP contribution in [-0.2, 0) is 26.7 Å². The molecule has 5 rings (SSSR count). The second kappa shape index (κ2) is 16.1. The maximum absolute atomic E-state index is 11.5. The molecule has 0 aliphatic carbocycles. The molecule has 14 atom stereocenters. The zero-order chi connectivity index (χ0) is 33.4. The summed E-state index contributed by atoms with van der Waals surface area (Å²) in [6.07, 6.45) is 1.05. The number of fused-ring (bicyclic) bond motifs is 8. The fourth-order valence-electron chi connectivity index (χ4n) is 9.66. The molecular weight excluding hydrogens is 648 g/mol. The quantitative estimate of drug-likeness (QED) is 0.128. The molecule has 0 aromatic heterocycles. The van der Waals surface area contributed by atoms with Crippen molar-refractivity contribution in [1.82, 2.24) is 10.6 Å². The molecule has 5 aliphatic rings. The minimum atomic E-state index is -1.09. The van der Waals surface area contributed by atoms with Gasteiger partial charge < -0.3 is 61.5 Å². The molecule has 8 bridgehead atoms. The van der Waals surface area contributed by atoms with Crippen molar-refractivity contribution in [3.63, 3.8) is 0 Å². The van der Waals surface area contributed by atoms with E-state index in [1.165, 1.54) is 0 Å². The first kappa shape index (κ1) is 38.4. The van der Waals surface area contributed by atoms with Gasteiger partial charge in [0.05, 0.1) is 25.4 Å². The molecule has 0 amide bonds. The number of hydrogen-bond acceptors (Lipinski definition) is 10. The normalized spacial score (nSPS) is 40.0. The van der Waals surface area contributed by atoms with E-state index in [1.54, 1.807) is 0 Å². The zero-order valence-corrected chi connectivity index (χ0v) is 28.9. The molecule has 266 valence electrons. The van der Waals surface area contributed by atoms with Crippen LogP contribution in [0, 0.1) is 23.7 Å². The smallest absolute Gasteiger partial charge is 0.656 e. The van der Waals surface area contributed by atoms with Crippen molar-refractivity contribution >= 4 is 11.9 Å². The van der Waals surface area contributed by atoms with Crippen molar-refractivity contribution in [3.05, 3.63) is 32.9 Å². The van der Waals surface area contributed by atoms with Crippen LogP contribution >= 0.6 is 0 Å². The van der Waals surface area contributed by atoms with Gasteiger partial charge in [0.2, 0.25) is 0 Å². The summed E-state index contributed by atoms with van der Waals surface area (Å²) >= 11 is 0. The Morgan fingerprint density at radius 1 is 0.723 bits per heavy atom. The van der Waals surface area contributed by atoms with Crippen molar-refractivity contribution in [1.29, 1.82) is 0 Å². The Morgan fingerprint density at radius 3 is 1.51 bits per heavy atom. The number of rotatable bonds is 10. The summed E-state index contributed by atoms with van der Waals surface area (Å²) in [5.74, 6) is -2.04. The number of nitrogens with zero attached hydrogens (tertiary/aromatic N) is 2. The number of aliphatic carboxylic acids is 2. The minimum absolute atomic E-state index is 0. The van der Waals surface area contributed by atoms with Gasteiger partial charge in [-0.25, -0.2) is 0 Å². The van der Waals surface area contributed by atoms with Crippen LogP contribution in [-0.4, -0.2) is 106 Å². The molecule has 0 aromatic carbocycles. The molecule has 3 saturated heterocycles. The van der Waals surface area contributed by atoms with Gasteiger partial charge in [-0.1, -0.05) is 55.1 Å². The van der Waals surface area contributed by atoms with E-state index in [0.29, 0.717) is 38.5 Å². The Balaban J connectivity index is 0.00000278. The number of hydrogen-bond donors (Lipinski definition) is 6. The Hall–Kier alpha value is -1.38. The van der Waals surface area contributed by atoms with Crippen LogP contribution in [0.5, 0.6) is 0 Å². The van der Waals surface area contributed by atoms with E-state index in [2.05, 4.69) is 24.5 Å². The number of aliphatic hydroxyl groups is 4. The molecule has 0 saturated carbocycles.